The molecule has 0 saturated carbocycles. The summed E-state index contributed by atoms with van der Waals surface area (Å²) in [7, 11) is 0. The van der Waals surface area contributed by atoms with Crippen LogP contribution in [0.15, 0.2) is 16.6 Å². The molecule has 0 bridgehead atoms. The lowest BCUT2D eigenvalue weighted by atomic mass is 10.1. The summed E-state index contributed by atoms with van der Waals surface area (Å²) in [6.45, 7) is 1.05. The average Bonchev–Trinajstić information content (AvgIpc) is 2.13. The van der Waals surface area contributed by atoms with Crippen LogP contribution < -0.4 is 0 Å². The third kappa shape index (κ3) is 2.12. The number of carbonyl (C=O) groups is 1. The lowest BCUT2D eigenvalue weighted by Gasteiger charge is -2.05. The van der Waals surface area contributed by atoms with E-state index in [4.69, 9.17) is 11.6 Å². The lowest BCUT2D eigenvalue weighted by molar-refractivity contribution is 0.0888. The van der Waals surface area contributed by atoms with Gasteiger partial charge in [-0.3, -0.25) is 4.79 Å². The summed E-state index contributed by atoms with van der Waals surface area (Å²) >= 11 is 8.52. The van der Waals surface area contributed by atoms with E-state index >= 15 is 0 Å². The number of ketones is 1. The summed E-state index contributed by atoms with van der Waals surface area (Å²) < 4.78 is 26.3. The molecule has 1 aromatic rings. The molecule has 0 heterocycles. The Morgan fingerprint density at radius 1 is 1.57 bits per heavy atom. The van der Waals surface area contributed by atoms with E-state index in [2.05, 4.69) is 15.9 Å². The summed E-state index contributed by atoms with van der Waals surface area (Å²) in [4.78, 5) is 11.1. The predicted octanol–water partition coefficient (Wildman–Crippen LogP) is 3.78. The monoisotopic (exact) mass is 282 g/mol. The minimum absolute atomic E-state index is 0.212. The van der Waals surface area contributed by atoms with Crippen LogP contribution in [0.3, 0.4) is 0 Å². The van der Waals surface area contributed by atoms with Gasteiger partial charge >= 0.3 is 0 Å². The zero-order valence-corrected chi connectivity index (χ0v) is 9.49. The second-order valence-electron chi connectivity index (χ2n) is 2.70. The molecule has 0 radical (unpaired) electrons. The van der Waals surface area contributed by atoms with Crippen LogP contribution in [0.4, 0.5) is 8.78 Å². The van der Waals surface area contributed by atoms with Crippen molar-refractivity contribution >= 4 is 33.3 Å². The number of halogens is 4. The minimum Gasteiger partial charge on any atom is -0.291 e. The van der Waals surface area contributed by atoms with E-state index < -0.39 is 17.8 Å². The third-order valence-electron chi connectivity index (χ3n) is 1.66. The molecule has 1 atom stereocenters. The van der Waals surface area contributed by atoms with Gasteiger partial charge in [0.2, 0.25) is 0 Å². The normalized spacial score (nSPS) is 12.6. The number of carbonyl (C=O) groups excluding carboxylic acids is 1. The molecule has 1 nitrogen and oxygen atoms in total. The Morgan fingerprint density at radius 2 is 2.14 bits per heavy atom. The van der Waals surface area contributed by atoms with Gasteiger partial charge in [0, 0.05) is 4.47 Å². The van der Waals surface area contributed by atoms with Crippen molar-refractivity contribution in [3.05, 3.63) is 33.0 Å². The molecule has 76 valence electrons. The highest BCUT2D eigenvalue weighted by Gasteiger charge is 2.20. The topological polar surface area (TPSA) is 17.1 Å². The van der Waals surface area contributed by atoms with Crippen LogP contribution in [0.2, 0.25) is 5.02 Å². The van der Waals surface area contributed by atoms with Crippen LogP contribution in [0.5, 0.6) is 0 Å². The second-order valence-corrected chi connectivity index (χ2v) is 3.94. The number of hydrogen-bond donors (Lipinski definition) is 0. The standard InChI is InChI=1S/C9H6BrClF2O/c1-4(12)9(14)5-2-3-6(10)7(11)8(5)13/h2-4H,1H3. The summed E-state index contributed by atoms with van der Waals surface area (Å²) in [5.41, 5.74) is -0.326. The van der Waals surface area contributed by atoms with E-state index in [9.17, 15) is 13.6 Å². The number of hydrogen-bond acceptors (Lipinski definition) is 1. The van der Waals surface area contributed by atoms with Gasteiger partial charge in [-0.1, -0.05) is 11.6 Å². The minimum atomic E-state index is -1.73. The molecule has 0 spiro atoms. The maximum Gasteiger partial charge on any atom is 0.199 e. The Hall–Kier alpha value is -0.480. The van der Waals surface area contributed by atoms with Gasteiger partial charge in [0.1, 0.15) is 0 Å². The fourth-order valence-electron chi connectivity index (χ4n) is 0.930. The van der Waals surface area contributed by atoms with E-state index in [1.165, 1.54) is 12.1 Å². The van der Waals surface area contributed by atoms with E-state index in [0.717, 1.165) is 6.92 Å². The van der Waals surface area contributed by atoms with Crippen molar-refractivity contribution in [1.82, 2.24) is 0 Å². The first kappa shape index (κ1) is 11.6. The molecular weight excluding hydrogens is 277 g/mol. The van der Waals surface area contributed by atoms with Crippen LogP contribution in [0, 0.1) is 5.82 Å². The van der Waals surface area contributed by atoms with Crippen molar-refractivity contribution in [1.29, 1.82) is 0 Å². The van der Waals surface area contributed by atoms with Gasteiger partial charge in [0.25, 0.3) is 0 Å². The molecule has 0 aliphatic carbocycles. The Bertz CT molecular complexity index is 379. The van der Waals surface area contributed by atoms with E-state index in [0.29, 0.717) is 4.47 Å². The second kappa shape index (κ2) is 4.36. The van der Waals surface area contributed by atoms with Gasteiger partial charge < -0.3 is 0 Å². The maximum absolute atomic E-state index is 13.3. The first-order chi connectivity index (χ1) is 6.45. The molecule has 0 amide bonds. The lowest BCUT2D eigenvalue weighted by Crippen LogP contribution is -2.13. The Kier molecular flexibility index (Phi) is 3.61. The molecule has 0 aliphatic rings. The Labute approximate surface area is 93.2 Å². The SMILES string of the molecule is CC(F)C(=O)c1ccc(Br)c(Cl)c1F. The highest BCUT2D eigenvalue weighted by Crippen LogP contribution is 2.28. The van der Waals surface area contributed by atoms with Crippen molar-refractivity contribution in [3.63, 3.8) is 0 Å². The van der Waals surface area contributed by atoms with Crippen LogP contribution >= 0.6 is 27.5 Å². The van der Waals surface area contributed by atoms with E-state index in [-0.39, 0.29) is 10.6 Å². The zero-order valence-electron chi connectivity index (χ0n) is 7.15. The van der Waals surface area contributed by atoms with E-state index in [1.807, 2.05) is 0 Å². The number of Topliss-reactive ketones (excluding diaryl/α,β-unsaturated/α-hetero) is 1. The summed E-state index contributed by atoms with van der Waals surface area (Å²) in [6, 6.07) is 2.60. The Balaban J connectivity index is 3.24. The molecule has 1 unspecified atom stereocenters. The summed E-state index contributed by atoms with van der Waals surface area (Å²) in [5.74, 6) is -1.80. The van der Waals surface area contributed by atoms with Crippen LogP contribution in [-0.4, -0.2) is 12.0 Å². The first-order valence-corrected chi connectivity index (χ1v) is 4.94. The fourth-order valence-corrected chi connectivity index (χ4v) is 1.40. The van der Waals surface area contributed by atoms with Gasteiger partial charge in [-0.25, -0.2) is 8.78 Å². The fraction of sp³-hybridized carbons (Fsp3) is 0.222. The van der Waals surface area contributed by atoms with Crippen molar-refractivity contribution in [3.8, 4) is 0 Å². The molecular formula is C9H6BrClF2O. The maximum atomic E-state index is 13.3. The molecule has 0 fully saturated rings. The first-order valence-electron chi connectivity index (χ1n) is 3.77. The summed E-state index contributed by atoms with van der Waals surface area (Å²) in [5, 5.41) is -0.212. The van der Waals surface area contributed by atoms with Crippen molar-refractivity contribution in [2.24, 2.45) is 0 Å². The molecule has 1 rings (SSSR count). The van der Waals surface area contributed by atoms with Crippen molar-refractivity contribution in [2.45, 2.75) is 13.1 Å². The zero-order chi connectivity index (χ0) is 10.9. The molecule has 0 aliphatic heterocycles. The quantitative estimate of drug-likeness (QED) is 0.596. The Morgan fingerprint density at radius 3 is 2.64 bits per heavy atom. The molecule has 0 saturated heterocycles. The molecule has 5 heteroatoms. The molecule has 0 N–H and O–H groups in total. The largest absolute Gasteiger partial charge is 0.291 e. The number of rotatable bonds is 2. The van der Waals surface area contributed by atoms with Gasteiger partial charge in [-0.15, -0.1) is 0 Å². The van der Waals surface area contributed by atoms with E-state index in [1.54, 1.807) is 0 Å². The number of benzene rings is 1. The third-order valence-corrected chi connectivity index (χ3v) is 2.92. The molecule has 0 aromatic heterocycles. The predicted molar refractivity (Wildman–Crippen MR) is 54.0 cm³/mol. The van der Waals surface area contributed by atoms with Crippen LogP contribution in [0.1, 0.15) is 17.3 Å². The molecule has 1 aromatic carbocycles. The van der Waals surface area contributed by atoms with Crippen LogP contribution in [-0.2, 0) is 0 Å². The average molecular weight is 283 g/mol. The van der Waals surface area contributed by atoms with Gasteiger partial charge in [-0.2, -0.15) is 0 Å². The highest BCUT2D eigenvalue weighted by atomic mass is 79.9. The molecule has 14 heavy (non-hydrogen) atoms. The highest BCUT2D eigenvalue weighted by molar-refractivity contribution is 9.10. The summed E-state index contributed by atoms with van der Waals surface area (Å²) in [6.07, 6.45) is -1.73. The number of alkyl halides is 1. The van der Waals surface area contributed by atoms with Gasteiger partial charge in [-0.05, 0) is 35.0 Å². The van der Waals surface area contributed by atoms with Crippen molar-refractivity contribution < 1.29 is 13.6 Å². The van der Waals surface area contributed by atoms with Gasteiger partial charge in [0.05, 0.1) is 10.6 Å². The van der Waals surface area contributed by atoms with Crippen molar-refractivity contribution in [2.75, 3.05) is 0 Å². The van der Waals surface area contributed by atoms with Gasteiger partial charge in [0.15, 0.2) is 17.8 Å². The smallest absolute Gasteiger partial charge is 0.199 e. The van der Waals surface area contributed by atoms with Crippen LogP contribution in [0.25, 0.3) is 0 Å².